The van der Waals surface area contributed by atoms with Gasteiger partial charge in [0.1, 0.15) is 6.07 Å². The highest BCUT2D eigenvalue weighted by Gasteiger charge is 2.09. The van der Waals surface area contributed by atoms with Crippen LogP contribution in [0.15, 0.2) is 39.9 Å². The van der Waals surface area contributed by atoms with E-state index in [1.807, 2.05) is 0 Å². The molecule has 0 amide bonds. The van der Waals surface area contributed by atoms with E-state index in [1.54, 1.807) is 48.4 Å². The first kappa shape index (κ1) is 14.2. The number of allylic oxidation sites excluding steroid dienone is 1. The van der Waals surface area contributed by atoms with Crippen molar-refractivity contribution in [2.75, 3.05) is 0 Å². The standard InChI is InChI=1S/C15H10BrN5O/c1-21-8-9(7-18-21)4-10(6-17)14-19-13-3-2-11(16)5-12(13)15(22)20-14/h2-5,7-8H,1H3,(H,19,20,22)/b10-4+. The molecule has 0 fully saturated rings. The third-order valence-electron chi connectivity index (χ3n) is 3.08. The Morgan fingerprint density at radius 3 is 3.00 bits per heavy atom. The zero-order valence-corrected chi connectivity index (χ0v) is 13.1. The van der Waals surface area contributed by atoms with Crippen molar-refractivity contribution in [1.29, 1.82) is 5.26 Å². The summed E-state index contributed by atoms with van der Waals surface area (Å²) in [6.45, 7) is 0. The summed E-state index contributed by atoms with van der Waals surface area (Å²) in [5, 5.41) is 13.8. The Balaban J connectivity index is 2.16. The van der Waals surface area contributed by atoms with Crippen LogP contribution in [0.3, 0.4) is 0 Å². The molecule has 0 bridgehead atoms. The minimum Gasteiger partial charge on any atom is -0.305 e. The molecule has 0 aliphatic rings. The van der Waals surface area contributed by atoms with Gasteiger partial charge >= 0.3 is 0 Å². The summed E-state index contributed by atoms with van der Waals surface area (Å²) in [6, 6.07) is 7.29. The Morgan fingerprint density at radius 2 is 2.32 bits per heavy atom. The Kier molecular flexibility index (Phi) is 3.61. The molecule has 0 atom stereocenters. The lowest BCUT2D eigenvalue weighted by atomic mass is 10.2. The SMILES string of the molecule is Cn1cc(/C=C(\C#N)c2nc3ccc(Br)cc3c(=O)[nH]2)cn1. The van der Waals surface area contributed by atoms with Crippen LogP contribution in [0.4, 0.5) is 0 Å². The van der Waals surface area contributed by atoms with Gasteiger partial charge in [0.2, 0.25) is 0 Å². The van der Waals surface area contributed by atoms with Gasteiger partial charge in [0.05, 0.1) is 22.7 Å². The minimum atomic E-state index is -0.284. The fourth-order valence-electron chi connectivity index (χ4n) is 2.07. The van der Waals surface area contributed by atoms with Gasteiger partial charge in [-0.2, -0.15) is 10.4 Å². The Bertz CT molecular complexity index is 993. The van der Waals surface area contributed by atoms with Crippen LogP contribution < -0.4 is 5.56 Å². The van der Waals surface area contributed by atoms with E-state index >= 15 is 0 Å². The van der Waals surface area contributed by atoms with Gasteiger partial charge in [0, 0.05) is 23.3 Å². The average Bonchev–Trinajstić information content (AvgIpc) is 2.90. The van der Waals surface area contributed by atoms with Crippen molar-refractivity contribution in [3.8, 4) is 6.07 Å². The zero-order valence-electron chi connectivity index (χ0n) is 11.5. The smallest absolute Gasteiger partial charge is 0.259 e. The number of rotatable bonds is 2. The molecular weight excluding hydrogens is 346 g/mol. The molecule has 0 unspecified atom stereocenters. The van der Waals surface area contributed by atoms with E-state index in [0.29, 0.717) is 10.9 Å². The topological polar surface area (TPSA) is 87.4 Å². The van der Waals surface area contributed by atoms with Crippen molar-refractivity contribution in [3.05, 3.63) is 56.8 Å². The molecule has 108 valence electrons. The number of nitrogens with one attached hydrogen (secondary N) is 1. The molecule has 1 aromatic carbocycles. The minimum absolute atomic E-state index is 0.242. The number of hydrogen-bond acceptors (Lipinski definition) is 4. The molecule has 22 heavy (non-hydrogen) atoms. The molecule has 0 radical (unpaired) electrons. The highest BCUT2D eigenvalue weighted by atomic mass is 79.9. The summed E-state index contributed by atoms with van der Waals surface area (Å²) >= 11 is 3.32. The largest absolute Gasteiger partial charge is 0.305 e. The van der Waals surface area contributed by atoms with E-state index in [0.717, 1.165) is 10.0 Å². The maximum absolute atomic E-state index is 12.2. The van der Waals surface area contributed by atoms with Crippen LogP contribution in [0, 0.1) is 11.3 Å². The normalized spacial score (nSPS) is 11.6. The quantitative estimate of drug-likeness (QED) is 0.715. The third-order valence-corrected chi connectivity index (χ3v) is 3.57. The first-order valence-corrected chi connectivity index (χ1v) is 7.16. The fraction of sp³-hybridized carbons (Fsp3) is 0.0667. The molecule has 0 saturated heterocycles. The summed E-state index contributed by atoms with van der Waals surface area (Å²) < 4.78 is 2.43. The Morgan fingerprint density at radius 1 is 1.50 bits per heavy atom. The number of aryl methyl sites for hydroxylation is 1. The predicted molar refractivity (Wildman–Crippen MR) is 86.8 cm³/mol. The van der Waals surface area contributed by atoms with Crippen LogP contribution in [0.25, 0.3) is 22.6 Å². The molecule has 2 heterocycles. The van der Waals surface area contributed by atoms with Crippen LogP contribution >= 0.6 is 15.9 Å². The van der Waals surface area contributed by atoms with Crippen LogP contribution in [-0.2, 0) is 7.05 Å². The van der Waals surface area contributed by atoms with E-state index in [4.69, 9.17) is 0 Å². The molecular formula is C15H10BrN5O. The summed E-state index contributed by atoms with van der Waals surface area (Å²) in [5.74, 6) is 0.242. The number of nitrogens with zero attached hydrogens (tertiary/aromatic N) is 4. The number of halogens is 1. The third kappa shape index (κ3) is 2.69. The lowest BCUT2D eigenvalue weighted by molar-refractivity contribution is 0.767. The summed E-state index contributed by atoms with van der Waals surface area (Å²) in [4.78, 5) is 19.2. The van der Waals surface area contributed by atoms with E-state index in [2.05, 4.69) is 37.1 Å². The number of fused-ring (bicyclic) bond motifs is 1. The molecule has 3 rings (SSSR count). The van der Waals surface area contributed by atoms with E-state index in [-0.39, 0.29) is 17.0 Å². The Hall–Kier alpha value is -2.72. The van der Waals surface area contributed by atoms with Gasteiger partial charge in [-0.05, 0) is 24.3 Å². The molecule has 3 aromatic rings. The molecule has 7 heteroatoms. The van der Waals surface area contributed by atoms with Crippen molar-refractivity contribution in [2.45, 2.75) is 0 Å². The van der Waals surface area contributed by atoms with Gasteiger partial charge in [-0.25, -0.2) is 4.98 Å². The van der Waals surface area contributed by atoms with Gasteiger partial charge in [-0.3, -0.25) is 9.48 Å². The molecule has 0 aliphatic carbocycles. The lowest BCUT2D eigenvalue weighted by Crippen LogP contribution is -2.11. The van der Waals surface area contributed by atoms with Gasteiger partial charge in [0.25, 0.3) is 5.56 Å². The maximum atomic E-state index is 12.2. The number of aromatic nitrogens is 4. The van der Waals surface area contributed by atoms with Crippen molar-refractivity contribution in [1.82, 2.24) is 19.7 Å². The molecule has 2 aromatic heterocycles. The number of H-pyrrole nitrogens is 1. The van der Waals surface area contributed by atoms with Crippen LogP contribution in [0.5, 0.6) is 0 Å². The average molecular weight is 356 g/mol. The predicted octanol–water partition coefficient (Wildman–Crippen LogP) is 2.48. The molecule has 1 N–H and O–H groups in total. The first-order chi connectivity index (χ1) is 10.6. The van der Waals surface area contributed by atoms with Crippen molar-refractivity contribution in [2.24, 2.45) is 7.05 Å². The van der Waals surface area contributed by atoms with Gasteiger partial charge in [0.15, 0.2) is 5.82 Å². The van der Waals surface area contributed by atoms with Crippen LogP contribution in [-0.4, -0.2) is 19.7 Å². The molecule has 0 aliphatic heterocycles. The number of hydrogen-bond donors (Lipinski definition) is 1. The monoisotopic (exact) mass is 355 g/mol. The molecule has 0 saturated carbocycles. The zero-order chi connectivity index (χ0) is 15.7. The summed E-state index contributed by atoms with van der Waals surface area (Å²) in [5.41, 5.74) is 1.29. The van der Waals surface area contributed by atoms with E-state index < -0.39 is 0 Å². The van der Waals surface area contributed by atoms with Gasteiger partial charge in [-0.1, -0.05) is 15.9 Å². The number of benzene rings is 1. The highest BCUT2D eigenvalue weighted by Crippen LogP contribution is 2.18. The second kappa shape index (κ2) is 5.58. The highest BCUT2D eigenvalue weighted by molar-refractivity contribution is 9.10. The van der Waals surface area contributed by atoms with Crippen molar-refractivity contribution >= 4 is 38.5 Å². The molecule has 0 spiro atoms. The fourth-order valence-corrected chi connectivity index (χ4v) is 2.43. The number of nitriles is 1. The lowest BCUT2D eigenvalue weighted by Gasteiger charge is -2.02. The summed E-state index contributed by atoms with van der Waals surface area (Å²) in [6.07, 6.45) is 5.04. The maximum Gasteiger partial charge on any atom is 0.259 e. The van der Waals surface area contributed by atoms with Crippen LogP contribution in [0.1, 0.15) is 11.4 Å². The van der Waals surface area contributed by atoms with Gasteiger partial charge < -0.3 is 4.98 Å². The second-order valence-electron chi connectivity index (χ2n) is 4.69. The van der Waals surface area contributed by atoms with E-state index in [9.17, 15) is 10.1 Å². The van der Waals surface area contributed by atoms with Crippen LogP contribution in [0.2, 0.25) is 0 Å². The first-order valence-electron chi connectivity index (χ1n) is 6.37. The van der Waals surface area contributed by atoms with Crippen molar-refractivity contribution in [3.63, 3.8) is 0 Å². The number of aromatic amines is 1. The second-order valence-corrected chi connectivity index (χ2v) is 5.61. The molecule has 6 nitrogen and oxygen atoms in total. The Labute approximate surface area is 133 Å². The van der Waals surface area contributed by atoms with Crippen molar-refractivity contribution < 1.29 is 0 Å². The van der Waals surface area contributed by atoms with Gasteiger partial charge in [-0.15, -0.1) is 0 Å². The van der Waals surface area contributed by atoms with E-state index in [1.165, 1.54) is 0 Å². The summed E-state index contributed by atoms with van der Waals surface area (Å²) in [7, 11) is 1.79.